The van der Waals surface area contributed by atoms with Gasteiger partial charge in [0.25, 0.3) is 0 Å². The zero-order valence-electron chi connectivity index (χ0n) is 12.3. The van der Waals surface area contributed by atoms with E-state index >= 15 is 0 Å². The summed E-state index contributed by atoms with van der Waals surface area (Å²) in [5.41, 5.74) is 1.50. The number of halogens is 1. The van der Waals surface area contributed by atoms with Gasteiger partial charge < -0.3 is 20.1 Å². The molecular weight excluding hydrogens is 259 g/mol. The van der Waals surface area contributed by atoms with Gasteiger partial charge in [0.15, 0.2) is 0 Å². The molecule has 4 nitrogen and oxygen atoms in total. The normalized spacial score (nSPS) is 24.8. The number of anilines is 1. The lowest BCUT2D eigenvalue weighted by Gasteiger charge is -2.39. The molecule has 20 heavy (non-hydrogen) atoms. The average molecular weight is 282 g/mol. The van der Waals surface area contributed by atoms with Crippen LogP contribution in [0.4, 0.5) is 10.1 Å². The van der Waals surface area contributed by atoms with E-state index in [-0.39, 0.29) is 30.6 Å². The Morgan fingerprint density at radius 3 is 2.90 bits per heavy atom. The molecule has 1 aliphatic heterocycles. The SMILES string of the molecule is CNC(C)c1ccc(N2CC(CO)OCC2C)c(F)c1. The van der Waals surface area contributed by atoms with Crippen molar-refractivity contribution in [2.24, 2.45) is 0 Å². The molecule has 112 valence electrons. The molecule has 1 heterocycles. The highest BCUT2D eigenvalue weighted by Crippen LogP contribution is 2.27. The van der Waals surface area contributed by atoms with Crippen molar-refractivity contribution in [2.75, 3.05) is 31.7 Å². The summed E-state index contributed by atoms with van der Waals surface area (Å²) in [5.74, 6) is -0.227. The van der Waals surface area contributed by atoms with Crippen molar-refractivity contribution in [2.45, 2.75) is 32.0 Å². The number of nitrogens with one attached hydrogen (secondary N) is 1. The van der Waals surface area contributed by atoms with Gasteiger partial charge in [-0.15, -0.1) is 0 Å². The van der Waals surface area contributed by atoms with Crippen molar-refractivity contribution in [3.63, 3.8) is 0 Å². The highest BCUT2D eigenvalue weighted by molar-refractivity contribution is 5.51. The van der Waals surface area contributed by atoms with Crippen LogP contribution in [0, 0.1) is 5.82 Å². The van der Waals surface area contributed by atoms with Crippen molar-refractivity contribution >= 4 is 5.69 Å². The van der Waals surface area contributed by atoms with E-state index in [1.807, 2.05) is 37.9 Å². The Balaban J connectivity index is 2.23. The summed E-state index contributed by atoms with van der Waals surface area (Å²) in [6.45, 7) is 4.96. The van der Waals surface area contributed by atoms with Crippen LogP contribution in [-0.4, -0.2) is 44.1 Å². The Morgan fingerprint density at radius 1 is 1.55 bits per heavy atom. The number of benzene rings is 1. The molecule has 0 radical (unpaired) electrons. The van der Waals surface area contributed by atoms with Crippen molar-refractivity contribution in [1.82, 2.24) is 5.32 Å². The van der Waals surface area contributed by atoms with Crippen molar-refractivity contribution in [1.29, 1.82) is 0 Å². The number of hydrogen-bond acceptors (Lipinski definition) is 4. The summed E-state index contributed by atoms with van der Waals surface area (Å²) in [5, 5.41) is 12.3. The van der Waals surface area contributed by atoms with Crippen LogP contribution in [0.1, 0.15) is 25.5 Å². The minimum absolute atomic E-state index is 0.0420. The lowest BCUT2D eigenvalue weighted by atomic mass is 10.1. The van der Waals surface area contributed by atoms with Gasteiger partial charge >= 0.3 is 0 Å². The van der Waals surface area contributed by atoms with Gasteiger partial charge in [0.05, 0.1) is 25.0 Å². The summed E-state index contributed by atoms with van der Waals surface area (Å²) >= 11 is 0. The third kappa shape index (κ3) is 3.11. The van der Waals surface area contributed by atoms with Gasteiger partial charge in [-0.05, 0) is 38.6 Å². The number of nitrogens with zero attached hydrogens (tertiary/aromatic N) is 1. The van der Waals surface area contributed by atoms with Crippen LogP contribution in [0.25, 0.3) is 0 Å². The van der Waals surface area contributed by atoms with Crippen LogP contribution in [-0.2, 0) is 4.74 Å². The molecule has 0 amide bonds. The van der Waals surface area contributed by atoms with E-state index in [0.29, 0.717) is 18.8 Å². The first-order valence-electron chi connectivity index (χ1n) is 7.02. The number of hydrogen-bond donors (Lipinski definition) is 2. The van der Waals surface area contributed by atoms with E-state index in [2.05, 4.69) is 5.32 Å². The van der Waals surface area contributed by atoms with E-state index in [9.17, 15) is 9.50 Å². The molecule has 1 saturated heterocycles. The quantitative estimate of drug-likeness (QED) is 0.882. The fourth-order valence-electron chi connectivity index (χ4n) is 2.46. The Hall–Kier alpha value is -1.17. The van der Waals surface area contributed by atoms with Gasteiger partial charge in [-0.3, -0.25) is 0 Å². The van der Waals surface area contributed by atoms with Gasteiger partial charge in [0, 0.05) is 18.6 Å². The fourth-order valence-corrected chi connectivity index (χ4v) is 2.46. The second kappa shape index (κ2) is 6.52. The summed E-state index contributed by atoms with van der Waals surface area (Å²) in [7, 11) is 1.85. The van der Waals surface area contributed by atoms with Gasteiger partial charge in [0.2, 0.25) is 0 Å². The standard InChI is InChI=1S/C15H23FN2O2/c1-10-9-20-13(8-19)7-18(10)15-5-4-12(6-14(15)16)11(2)17-3/h4-6,10-11,13,17,19H,7-9H2,1-3H3. The summed E-state index contributed by atoms with van der Waals surface area (Å²) in [6, 6.07) is 5.54. The number of aliphatic hydroxyl groups excluding tert-OH is 1. The molecule has 1 aliphatic rings. The lowest BCUT2D eigenvalue weighted by molar-refractivity contribution is -0.0105. The first-order chi connectivity index (χ1) is 9.56. The van der Waals surface area contributed by atoms with Crippen LogP contribution in [0.2, 0.25) is 0 Å². The smallest absolute Gasteiger partial charge is 0.146 e. The topological polar surface area (TPSA) is 44.7 Å². The van der Waals surface area contributed by atoms with Gasteiger partial charge in [0.1, 0.15) is 5.82 Å². The first-order valence-corrected chi connectivity index (χ1v) is 7.02. The van der Waals surface area contributed by atoms with E-state index < -0.39 is 0 Å². The van der Waals surface area contributed by atoms with Crippen LogP contribution in [0.3, 0.4) is 0 Å². The minimum atomic E-state index is -0.249. The minimum Gasteiger partial charge on any atom is -0.394 e. The molecule has 0 bridgehead atoms. The molecule has 2 N–H and O–H groups in total. The predicted octanol–water partition coefficient (Wildman–Crippen LogP) is 1.69. The van der Waals surface area contributed by atoms with Gasteiger partial charge in [-0.1, -0.05) is 6.07 Å². The third-order valence-electron chi connectivity index (χ3n) is 3.92. The number of morpholine rings is 1. The molecule has 1 aromatic carbocycles. The Kier molecular flexibility index (Phi) is 4.96. The lowest BCUT2D eigenvalue weighted by Crippen LogP contribution is -2.50. The summed E-state index contributed by atoms with van der Waals surface area (Å²) in [6.07, 6.45) is -0.249. The molecular formula is C15H23FN2O2. The van der Waals surface area contributed by atoms with Crippen LogP contribution < -0.4 is 10.2 Å². The Bertz CT molecular complexity index is 455. The fraction of sp³-hybridized carbons (Fsp3) is 0.600. The number of rotatable bonds is 4. The zero-order valence-corrected chi connectivity index (χ0v) is 12.3. The van der Waals surface area contributed by atoms with E-state index in [4.69, 9.17) is 4.74 Å². The van der Waals surface area contributed by atoms with E-state index in [1.54, 1.807) is 6.07 Å². The van der Waals surface area contributed by atoms with Gasteiger partial charge in [-0.2, -0.15) is 0 Å². The highest BCUT2D eigenvalue weighted by atomic mass is 19.1. The second-order valence-corrected chi connectivity index (χ2v) is 5.36. The molecule has 3 atom stereocenters. The molecule has 5 heteroatoms. The largest absolute Gasteiger partial charge is 0.394 e. The Labute approximate surface area is 119 Å². The maximum atomic E-state index is 14.4. The van der Waals surface area contributed by atoms with Crippen LogP contribution >= 0.6 is 0 Å². The molecule has 0 spiro atoms. The Morgan fingerprint density at radius 2 is 2.30 bits per heavy atom. The maximum absolute atomic E-state index is 14.4. The van der Waals surface area contributed by atoms with Crippen molar-refractivity contribution in [3.05, 3.63) is 29.6 Å². The van der Waals surface area contributed by atoms with Crippen molar-refractivity contribution < 1.29 is 14.2 Å². The molecule has 0 saturated carbocycles. The number of ether oxygens (including phenoxy) is 1. The molecule has 0 aliphatic carbocycles. The number of aliphatic hydroxyl groups is 1. The molecule has 0 aromatic heterocycles. The van der Waals surface area contributed by atoms with E-state index in [1.165, 1.54) is 0 Å². The summed E-state index contributed by atoms with van der Waals surface area (Å²) in [4.78, 5) is 1.97. The maximum Gasteiger partial charge on any atom is 0.146 e. The summed E-state index contributed by atoms with van der Waals surface area (Å²) < 4.78 is 19.8. The van der Waals surface area contributed by atoms with Crippen LogP contribution in [0.5, 0.6) is 0 Å². The molecule has 1 aromatic rings. The molecule has 1 fully saturated rings. The van der Waals surface area contributed by atoms with Gasteiger partial charge in [-0.25, -0.2) is 4.39 Å². The monoisotopic (exact) mass is 282 g/mol. The molecule has 3 unspecified atom stereocenters. The predicted molar refractivity (Wildman–Crippen MR) is 77.5 cm³/mol. The van der Waals surface area contributed by atoms with Crippen molar-refractivity contribution in [3.8, 4) is 0 Å². The molecule has 2 rings (SSSR count). The highest BCUT2D eigenvalue weighted by Gasteiger charge is 2.27. The van der Waals surface area contributed by atoms with Crippen LogP contribution in [0.15, 0.2) is 18.2 Å². The second-order valence-electron chi connectivity index (χ2n) is 5.36. The average Bonchev–Trinajstić information content (AvgIpc) is 2.47. The zero-order chi connectivity index (χ0) is 14.7. The third-order valence-corrected chi connectivity index (χ3v) is 3.92. The first kappa shape index (κ1) is 15.2. The van der Waals surface area contributed by atoms with E-state index in [0.717, 1.165) is 5.56 Å².